The zero-order valence-corrected chi connectivity index (χ0v) is 11.0. The molecule has 18 heavy (non-hydrogen) atoms. The van der Waals surface area contributed by atoms with E-state index in [2.05, 4.69) is 23.7 Å². The average molecular weight is 244 g/mol. The van der Waals surface area contributed by atoms with Gasteiger partial charge in [-0.05, 0) is 19.2 Å². The smallest absolute Gasteiger partial charge is 0.0937 e. The summed E-state index contributed by atoms with van der Waals surface area (Å²) in [5.74, 6) is 0. The van der Waals surface area contributed by atoms with Crippen molar-refractivity contribution in [2.45, 2.75) is 20.0 Å². The molecule has 0 aliphatic rings. The van der Waals surface area contributed by atoms with Crippen LogP contribution in [0.15, 0.2) is 36.5 Å². The Morgan fingerprint density at radius 3 is 2.61 bits per heavy atom. The third kappa shape index (κ3) is 2.68. The van der Waals surface area contributed by atoms with E-state index in [0.717, 1.165) is 29.6 Å². The van der Waals surface area contributed by atoms with E-state index in [0.29, 0.717) is 6.54 Å². The van der Waals surface area contributed by atoms with Crippen LogP contribution in [0, 0.1) is 0 Å². The molecule has 0 spiro atoms. The fourth-order valence-corrected chi connectivity index (χ4v) is 2.22. The highest BCUT2D eigenvalue weighted by molar-refractivity contribution is 5.81. The van der Waals surface area contributed by atoms with Crippen molar-refractivity contribution >= 4 is 10.9 Å². The standard InChI is InChI=1S/C15H20N2O/c1-3-17(4-2)11-14(18)13-9-5-7-12-8-6-10-16-15(12)13/h5-10,14,18H,3-4,11H2,1-2H3. The van der Waals surface area contributed by atoms with Gasteiger partial charge in [-0.15, -0.1) is 0 Å². The number of aromatic nitrogens is 1. The van der Waals surface area contributed by atoms with Crippen molar-refractivity contribution in [3.8, 4) is 0 Å². The van der Waals surface area contributed by atoms with Gasteiger partial charge in [-0.2, -0.15) is 0 Å². The Labute approximate surface area is 108 Å². The van der Waals surface area contributed by atoms with E-state index in [1.807, 2.05) is 30.3 Å². The lowest BCUT2D eigenvalue weighted by Crippen LogP contribution is -2.28. The second kappa shape index (κ2) is 5.94. The molecule has 0 aliphatic carbocycles. The first-order valence-corrected chi connectivity index (χ1v) is 6.50. The second-order valence-corrected chi connectivity index (χ2v) is 4.42. The summed E-state index contributed by atoms with van der Waals surface area (Å²) < 4.78 is 0. The van der Waals surface area contributed by atoms with Crippen LogP contribution in [0.1, 0.15) is 25.5 Å². The highest BCUT2D eigenvalue weighted by Crippen LogP contribution is 2.22. The summed E-state index contributed by atoms with van der Waals surface area (Å²) in [4.78, 5) is 6.60. The molecule has 0 aliphatic heterocycles. The highest BCUT2D eigenvalue weighted by atomic mass is 16.3. The summed E-state index contributed by atoms with van der Waals surface area (Å²) in [7, 11) is 0. The van der Waals surface area contributed by atoms with E-state index in [4.69, 9.17) is 0 Å². The largest absolute Gasteiger partial charge is 0.387 e. The zero-order valence-electron chi connectivity index (χ0n) is 11.0. The van der Waals surface area contributed by atoms with Crippen LogP contribution >= 0.6 is 0 Å². The number of rotatable bonds is 5. The van der Waals surface area contributed by atoms with Crippen LogP contribution in [-0.2, 0) is 0 Å². The van der Waals surface area contributed by atoms with Crippen LogP contribution < -0.4 is 0 Å². The maximum Gasteiger partial charge on any atom is 0.0937 e. The van der Waals surface area contributed by atoms with Gasteiger partial charge in [0.1, 0.15) is 0 Å². The number of nitrogens with zero attached hydrogens (tertiary/aromatic N) is 2. The number of hydrogen-bond donors (Lipinski definition) is 1. The summed E-state index contributed by atoms with van der Waals surface area (Å²) >= 11 is 0. The van der Waals surface area contributed by atoms with E-state index in [9.17, 15) is 5.11 Å². The monoisotopic (exact) mass is 244 g/mol. The molecule has 0 saturated carbocycles. The molecule has 0 bridgehead atoms. The molecule has 2 rings (SSSR count). The molecule has 0 radical (unpaired) electrons. The Balaban J connectivity index is 2.30. The van der Waals surface area contributed by atoms with Gasteiger partial charge >= 0.3 is 0 Å². The van der Waals surface area contributed by atoms with Gasteiger partial charge in [0.15, 0.2) is 0 Å². The average Bonchev–Trinajstić information content (AvgIpc) is 2.43. The molecule has 3 heteroatoms. The first-order chi connectivity index (χ1) is 8.76. The Bertz CT molecular complexity index is 503. The fourth-order valence-electron chi connectivity index (χ4n) is 2.22. The quantitative estimate of drug-likeness (QED) is 0.878. The number of likely N-dealkylation sites (N-methyl/N-ethyl adjacent to an activating group) is 1. The third-order valence-corrected chi connectivity index (χ3v) is 3.35. The molecule has 0 fully saturated rings. The summed E-state index contributed by atoms with van der Waals surface area (Å²) in [6.45, 7) is 6.77. The van der Waals surface area contributed by atoms with Crippen LogP contribution in [0.3, 0.4) is 0 Å². The molecular formula is C15H20N2O. The van der Waals surface area contributed by atoms with E-state index < -0.39 is 6.10 Å². The zero-order chi connectivity index (χ0) is 13.0. The Hall–Kier alpha value is -1.45. The number of para-hydroxylation sites is 1. The first-order valence-electron chi connectivity index (χ1n) is 6.50. The Morgan fingerprint density at radius 2 is 1.89 bits per heavy atom. The topological polar surface area (TPSA) is 36.4 Å². The van der Waals surface area contributed by atoms with Crippen LogP contribution in [0.5, 0.6) is 0 Å². The summed E-state index contributed by atoms with van der Waals surface area (Å²) in [5, 5.41) is 11.4. The molecule has 0 saturated heterocycles. The molecule has 1 aromatic heterocycles. The number of aliphatic hydroxyl groups excluding tert-OH is 1. The van der Waals surface area contributed by atoms with Gasteiger partial charge in [-0.3, -0.25) is 4.98 Å². The van der Waals surface area contributed by atoms with E-state index >= 15 is 0 Å². The minimum Gasteiger partial charge on any atom is -0.387 e. The van der Waals surface area contributed by atoms with Crippen LogP contribution in [-0.4, -0.2) is 34.6 Å². The van der Waals surface area contributed by atoms with E-state index in [1.165, 1.54) is 0 Å². The molecule has 1 aromatic carbocycles. The molecule has 96 valence electrons. The van der Waals surface area contributed by atoms with Crippen molar-refractivity contribution in [1.29, 1.82) is 0 Å². The molecule has 0 amide bonds. The van der Waals surface area contributed by atoms with Crippen LogP contribution in [0.25, 0.3) is 10.9 Å². The first kappa shape index (κ1) is 13.0. The fraction of sp³-hybridized carbons (Fsp3) is 0.400. The van der Waals surface area contributed by atoms with Gasteiger partial charge in [-0.1, -0.05) is 38.1 Å². The lowest BCUT2D eigenvalue weighted by molar-refractivity contribution is 0.120. The van der Waals surface area contributed by atoms with Gasteiger partial charge in [0.05, 0.1) is 11.6 Å². The van der Waals surface area contributed by atoms with Crippen molar-refractivity contribution in [3.63, 3.8) is 0 Å². The summed E-state index contributed by atoms with van der Waals surface area (Å²) in [6.07, 6.45) is 1.29. The van der Waals surface area contributed by atoms with Crippen molar-refractivity contribution in [3.05, 3.63) is 42.1 Å². The molecular weight excluding hydrogens is 224 g/mol. The van der Waals surface area contributed by atoms with Crippen LogP contribution in [0.4, 0.5) is 0 Å². The SMILES string of the molecule is CCN(CC)CC(O)c1cccc2cccnc12. The molecule has 1 unspecified atom stereocenters. The molecule has 2 aromatic rings. The third-order valence-electron chi connectivity index (χ3n) is 3.35. The van der Waals surface area contributed by atoms with Gasteiger partial charge in [0, 0.05) is 23.7 Å². The lowest BCUT2D eigenvalue weighted by Gasteiger charge is -2.22. The van der Waals surface area contributed by atoms with Gasteiger partial charge < -0.3 is 10.0 Å². The minimum absolute atomic E-state index is 0.483. The van der Waals surface area contributed by atoms with Crippen molar-refractivity contribution in [2.24, 2.45) is 0 Å². The second-order valence-electron chi connectivity index (χ2n) is 4.42. The normalized spacial score (nSPS) is 13.1. The van der Waals surface area contributed by atoms with Crippen molar-refractivity contribution in [1.82, 2.24) is 9.88 Å². The van der Waals surface area contributed by atoms with E-state index in [1.54, 1.807) is 6.20 Å². The lowest BCUT2D eigenvalue weighted by atomic mass is 10.0. The molecule has 1 heterocycles. The maximum absolute atomic E-state index is 10.4. The molecule has 1 N–H and O–H groups in total. The number of pyridine rings is 1. The minimum atomic E-state index is -0.483. The summed E-state index contributed by atoms with van der Waals surface area (Å²) in [6, 6.07) is 9.91. The molecule has 1 atom stereocenters. The Morgan fingerprint density at radius 1 is 1.17 bits per heavy atom. The molecule has 3 nitrogen and oxygen atoms in total. The van der Waals surface area contributed by atoms with Gasteiger partial charge in [0.2, 0.25) is 0 Å². The van der Waals surface area contributed by atoms with Gasteiger partial charge in [0.25, 0.3) is 0 Å². The van der Waals surface area contributed by atoms with Gasteiger partial charge in [-0.25, -0.2) is 0 Å². The number of hydrogen-bond acceptors (Lipinski definition) is 3. The van der Waals surface area contributed by atoms with Crippen molar-refractivity contribution in [2.75, 3.05) is 19.6 Å². The maximum atomic E-state index is 10.4. The predicted molar refractivity (Wildman–Crippen MR) is 74.5 cm³/mol. The Kier molecular flexibility index (Phi) is 4.28. The number of aliphatic hydroxyl groups is 1. The summed E-state index contributed by atoms with van der Waals surface area (Å²) in [5.41, 5.74) is 1.82. The van der Waals surface area contributed by atoms with Crippen LogP contribution in [0.2, 0.25) is 0 Å². The number of benzene rings is 1. The van der Waals surface area contributed by atoms with E-state index in [-0.39, 0.29) is 0 Å². The predicted octanol–water partition coefficient (Wildman–Crippen LogP) is 2.61. The highest BCUT2D eigenvalue weighted by Gasteiger charge is 2.14. The van der Waals surface area contributed by atoms with Crippen molar-refractivity contribution < 1.29 is 5.11 Å². The number of fused-ring (bicyclic) bond motifs is 1.